The van der Waals surface area contributed by atoms with Crippen molar-refractivity contribution in [3.05, 3.63) is 28.3 Å². The molecular formula is C20H26N4O4S2. The Bertz CT molecular complexity index is 1090. The molecule has 0 amide bonds. The van der Waals surface area contributed by atoms with Crippen LogP contribution in [0.25, 0.3) is 0 Å². The maximum Gasteiger partial charge on any atom is 0.348 e. The van der Waals surface area contributed by atoms with Crippen LogP contribution in [0.3, 0.4) is 0 Å². The van der Waals surface area contributed by atoms with Crippen molar-refractivity contribution in [3.8, 4) is 11.8 Å². The fraction of sp³-hybridized carbons (Fsp3) is 0.500. The molecule has 0 aromatic carbocycles. The number of thiophene rings is 1. The average Bonchev–Trinajstić information content (AvgIpc) is 3.27. The molecule has 8 nitrogen and oxygen atoms in total. The van der Waals surface area contributed by atoms with Gasteiger partial charge in [0, 0.05) is 37.8 Å². The Kier molecular flexibility index (Phi) is 6.26. The minimum atomic E-state index is -3.61. The number of hydrogen-bond acceptors (Lipinski definition) is 6. The summed E-state index contributed by atoms with van der Waals surface area (Å²) in [5.41, 5.74) is 0.365. The van der Waals surface area contributed by atoms with Crippen molar-refractivity contribution in [2.45, 2.75) is 44.7 Å². The molecule has 1 saturated heterocycles. The Morgan fingerprint density at radius 2 is 2.00 bits per heavy atom. The minimum absolute atomic E-state index is 0.0173. The Morgan fingerprint density at radius 3 is 2.53 bits per heavy atom. The molecule has 162 valence electrons. The van der Waals surface area contributed by atoms with Crippen LogP contribution in [0, 0.1) is 17.3 Å². The van der Waals surface area contributed by atoms with E-state index in [-0.39, 0.29) is 21.4 Å². The zero-order chi connectivity index (χ0) is 22.1. The molecule has 1 aliphatic rings. The number of anilines is 1. The molecule has 0 unspecified atom stereocenters. The number of piperidine rings is 1. The van der Waals surface area contributed by atoms with E-state index in [9.17, 15) is 18.3 Å². The average molecular weight is 451 g/mol. The Labute approximate surface area is 181 Å². The van der Waals surface area contributed by atoms with Gasteiger partial charge in [-0.2, -0.15) is 4.31 Å². The monoisotopic (exact) mass is 450 g/mol. The van der Waals surface area contributed by atoms with Gasteiger partial charge in [0.15, 0.2) is 5.03 Å². The highest BCUT2D eigenvalue weighted by Gasteiger charge is 2.31. The third-order valence-corrected chi connectivity index (χ3v) is 7.41. The van der Waals surface area contributed by atoms with E-state index in [4.69, 9.17) is 0 Å². The van der Waals surface area contributed by atoms with Gasteiger partial charge in [-0.3, -0.25) is 0 Å². The van der Waals surface area contributed by atoms with Crippen molar-refractivity contribution < 1.29 is 18.3 Å². The summed E-state index contributed by atoms with van der Waals surface area (Å²) in [7, 11) is -1.89. The molecule has 0 atom stereocenters. The summed E-state index contributed by atoms with van der Waals surface area (Å²) in [5.74, 6) is 5.17. The maximum atomic E-state index is 12.7. The van der Waals surface area contributed by atoms with Gasteiger partial charge >= 0.3 is 5.97 Å². The van der Waals surface area contributed by atoms with E-state index in [1.54, 1.807) is 17.7 Å². The number of rotatable bonds is 5. The van der Waals surface area contributed by atoms with E-state index in [0.29, 0.717) is 36.5 Å². The van der Waals surface area contributed by atoms with Crippen molar-refractivity contribution in [2.75, 3.05) is 18.4 Å². The normalized spacial score (nSPS) is 16.1. The molecule has 3 rings (SSSR count). The molecule has 0 aliphatic carbocycles. The molecule has 1 fully saturated rings. The number of imidazole rings is 1. The van der Waals surface area contributed by atoms with Gasteiger partial charge in [-0.25, -0.2) is 18.2 Å². The topological polar surface area (TPSA) is 105 Å². The molecule has 30 heavy (non-hydrogen) atoms. The van der Waals surface area contributed by atoms with Crippen molar-refractivity contribution in [3.63, 3.8) is 0 Å². The number of hydrogen-bond donors (Lipinski definition) is 2. The molecule has 0 spiro atoms. The molecule has 10 heteroatoms. The standard InChI is InChI=1S/C20H26N4O4S2/c1-20(2,3)8-5-15-11-16(18(29-15)19(25)26)22-14-6-9-24(10-7-14)30(27,28)17-12-23(4)13-21-17/h11-14,22H,6-7,9-10H2,1-4H3,(H,25,26). The molecule has 3 heterocycles. The van der Waals surface area contributed by atoms with Crippen LogP contribution in [-0.4, -0.2) is 52.5 Å². The number of nitrogens with one attached hydrogen (secondary N) is 1. The van der Waals surface area contributed by atoms with Crippen molar-refractivity contribution >= 4 is 33.0 Å². The number of carboxylic acid groups (broad SMARTS) is 1. The number of carbonyl (C=O) groups is 1. The predicted octanol–water partition coefficient (Wildman–Crippen LogP) is 2.84. The molecule has 0 bridgehead atoms. The summed E-state index contributed by atoms with van der Waals surface area (Å²) in [4.78, 5) is 16.5. The van der Waals surface area contributed by atoms with Crippen LogP contribution < -0.4 is 5.32 Å². The second-order valence-corrected chi connectivity index (χ2v) is 11.3. The van der Waals surface area contributed by atoms with Crippen LogP contribution in [0.4, 0.5) is 5.69 Å². The first-order chi connectivity index (χ1) is 14.0. The number of aryl methyl sites for hydroxylation is 1. The van der Waals surface area contributed by atoms with Crippen LogP contribution in [0.15, 0.2) is 23.6 Å². The lowest BCUT2D eigenvalue weighted by Gasteiger charge is -2.31. The summed E-state index contributed by atoms with van der Waals surface area (Å²) in [6, 6.07) is 1.75. The highest BCUT2D eigenvalue weighted by Crippen LogP contribution is 2.30. The zero-order valence-corrected chi connectivity index (χ0v) is 19.1. The SMILES string of the molecule is Cn1cnc(S(=O)(=O)N2CCC(Nc3cc(C#CC(C)(C)C)sc3C(=O)O)CC2)c1. The van der Waals surface area contributed by atoms with Crippen molar-refractivity contribution in [2.24, 2.45) is 12.5 Å². The lowest BCUT2D eigenvalue weighted by molar-refractivity contribution is 0.0703. The van der Waals surface area contributed by atoms with Gasteiger partial charge in [0.2, 0.25) is 0 Å². The van der Waals surface area contributed by atoms with E-state index >= 15 is 0 Å². The predicted molar refractivity (Wildman–Crippen MR) is 116 cm³/mol. The summed E-state index contributed by atoms with van der Waals surface area (Å²) in [6.45, 7) is 6.69. The van der Waals surface area contributed by atoms with Crippen LogP contribution in [-0.2, 0) is 17.1 Å². The Balaban J connectivity index is 1.69. The van der Waals surface area contributed by atoms with Gasteiger partial charge in [-0.1, -0.05) is 11.8 Å². The molecule has 2 N–H and O–H groups in total. The first-order valence-electron chi connectivity index (χ1n) is 9.61. The first-order valence-corrected chi connectivity index (χ1v) is 11.9. The van der Waals surface area contributed by atoms with E-state index in [1.807, 2.05) is 20.8 Å². The summed E-state index contributed by atoms with van der Waals surface area (Å²) < 4.78 is 28.4. The van der Waals surface area contributed by atoms with E-state index in [1.165, 1.54) is 16.8 Å². The number of sulfonamides is 1. The van der Waals surface area contributed by atoms with Crippen molar-refractivity contribution in [1.29, 1.82) is 0 Å². The fourth-order valence-electron chi connectivity index (χ4n) is 3.08. The maximum absolute atomic E-state index is 12.7. The third-order valence-electron chi connectivity index (χ3n) is 4.59. The number of aromatic carboxylic acids is 1. The highest BCUT2D eigenvalue weighted by atomic mass is 32.2. The van der Waals surface area contributed by atoms with E-state index in [0.717, 1.165) is 11.3 Å². The largest absolute Gasteiger partial charge is 0.477 e. The van der Waals surface area contributed by atoms with Crippen LogP contribution in [0.1, 0.15) is 48.2 Å². The summed E-state index contributed by atoms with van der Waals surface area (Å²) in [6.07, 6.45) is 4.10. The highest BCUT2D eigenvalue weighted by molar-refractivity contribution is 7.89. The molecule has 2 aromatic rings. The van der Waals surface area contributed by atoms with Crippen LogP contribution >= 0.6 is 11.3 Å². The Morgan fingerprint density at radius 1 is 1.33 bits per heavy atom. The second-order valence-electron chi connectivity index (χ2n) is 8.36. The second kappa shape index (κ2) is 8.41. The molecule has 2 aromatic heterocycles. The molecule has 0 saturated carbocycles. The molecule has 0 radical (unpaired) electrons. The van der Waals surface area contributed by atoms with Gasteiger partial charge in [0.1, 0.15) is 4.88 Å². The Hall–Kier alpha value is -2.35. The van der Waals surface area contributed by atoms with Crippen LogP contribution in [0.2, 0.25) is 0 Å². The van der Waals surface area contributed by atoms with Crippen LogP contribution in [0.5, 0.6) is 0 Å². The quantitative estimate of drug-likeness (QED) is 0.679. The van der Waals surface area contributed by atoms with Gasteiger partial charge in [-0.15, -0.1) is 11.3 Å². The summed E-state index contributed by atoms with van der Waals surface area (Å²) >= 11 is 1.15. The molecular weight excluding hydrogens is 424 g/mol. The minimum Gasteiger partial charge on any atom is -0.477 e. The third kappa shape index (κ3) is 5.22. The fourth-order valence-corrected chi connectivity index (χ4v) is 5.33. The summed E-state index contributed by atoms with van der Waals surface area (Å²) in [5, 5.41) is 12.9. The van der Waals surface area contributed by atoms with Crippen molar-refractivity contribution in [1.82, 2.24) is 13.9 Å². The lowest BCUT2D eigenvalue weighted by Crippen LogP contribution is -2.42. The first kappa shape index (κ1) is 22.3. The number of nitrogens with zero attached hydrogens (tertiary/aromatic N) is 3. The zero-order valence-electron chi connectivity index (χ0n) is 17.5. The smallest absolute Gasteiger partial charge is 0.348 e. The number of aromatic nitrogens is 2. The van der Waals surface area contributed by atoms with Gasteiger partial charge in [-0.05, 0) is 39.7 Å². The van der Waals surface area contributed by atoms with Gasteiger partial charge in [0.05, 0.1) is 16.9 Å². The van der Waals surface area contributed by atoms with Gasteiger partial charge in [0.25, 0.3) is 10.0 Å². The van der Waals surface area contributed by atoms with E-state index in [2.05, 4.69) is 22.1 Å². The van der Waals surface area contributed by atoms with Gasteiger partial charge < -0.3 is 15.0 Å². The molecule has 1 aliphatic heterocycles. The number of carboxylic acids is 1. The van der Waals surface area contributed by atoms with E-state index < -0.39 is 16.0 Å². The lowest BCUT2D eigenvalue weighted by atomic mass is 9.98.